The molecule has 3 N–H and O–H groups in total. The van der Waals surface area contributed by atoms with Gasteiger partial charge in [0.1, 0.15) is 0 Å². The third kappa shape index (κ3) is 4.00. The van der Waals surface area contributed by atoms with E-state index in [1.165, 1.54) is 11.8 Å². The van der Waals surface area contributed by atoms with E-state index in [4.69, 9.17) is 11.0 Å². The molecule has 6 heteroatoms. The zero-order chi connectivity index (χ0) is 14.4. The molecule has 1 heterocycles. The number of thioether (sulfide) groups is 1. The van der Waals surface area contributed by atoms with E-state index in [-0.39, 0.29) is 11.7 Å². The molecule has 1 aromatic heterocycles. The Kier molecular flexibility index (Phi) is 4.58. The number of nitrogens with two attached hydrogens (primary N) is 1. The maximum atomic E-state index is 11.8. The van der Waals surface area contributed by atoms with E-state index in [0.29, 0.717) is 16.9 Å². The van der Waals surface area contributed by atoms with Crippen LogP contribution in [-0.2, 0) is 4.79 Å². The molecule has 0 bridgehead atoms. The lowest BCUT2D eigenvalue weighted by atomic mass is 10.2. The van der Waals surface area contributed by atoms with Crippen molar-refractivity contribution in [1.29, 1.82) is 5.26 Å². The number of amides is 1. The number of carbonyl (C=O) groups is 1. The van der Waals surface area contributed by atoms with Crippen LogP contribution >= 0.6 is 11.8 Å². The topological polar surface area (TPSA) is 91.8 Å². The van der Waals surface area contributed by atoms with Crippen LogP contribution in [0, 0.1) is 11.3 Å². The SMILES string of the molecule is N#Cc1cccc(NC(=O)CSc2ccc(N)cn2)c1. The van der Waals surface area contributed by atoms with Crippen LogP contribution in [0.2, 0.25) is 0 Å². The minimum absolute atomic E-state index is 0.149. The van der Waals surface area contributed by atoms with Gasteiger partial charge in [-0.1, -0.05) is 17.8 Å². The normalized spacial score (nSPS) is 9.75. The van der Waals surface area contributed by atoms with Gasteiger partial charge in [-0.25, -0.2) is 4.98 Å². The van der Waals surface area contributed by atoms with E-state index < -0.39 is 0 Å². The summed E-state index contributed by atoms with van der Waals surface area (Å²) < 4.78 is 0. The van der Waals surface area contributed by atoms with Gasteiger partial charge in [0.25, 0.3) is 0 Å². The third-order valence-corrected chi connectivity index (χ3v) is 3.33. The molecule has 0 aliphatic heterocycles. The third-order valence-electron chi connectivity index (χ3n) is 2.39. The number of nitriles is 1. The first-order valence-electron chi connectivity index (χ1n) is 5.82. The molecule has 0 aliphatic carbocycles. The molecule has 0 spiro atoms. The first-order valence-corrected chi connectivity index (χ1v) is 6.80. The largest absolute Gasteiger partial charge is 0.397 e. The molecule has 1 amide bonds. The second-order valence-electron chi connectivity index (χ2n) is 3.96. The van der Waals surface area contributed by atoms with Crippen LogP contribution in [0.5, 0.6) is 0 Å². The number of hydrogen-bond donors (Lipinski definition) is 2. The van der Waals surface area contributed by atoms with E-state index in [0.717, 1.165) is 5.03 Å². The van der Waals surface area contributed by atoms with Gasteiger partial charge in [0.2, 0.25) is 5.91 Å². The highest BCUT2D eigenvalue weighted by molar-refractivity contribution is 7.99. The molecule has 1 aromatic carbocycles. The molecule has 0 aliphatic rings. The maximum absolute atomic E-state index is 11.8. The summed E-state index contributed by atoms with van der Waals surface area (Å²) in [7, 11) is 0. The summed E-state index contributed by atoms with van der Waals surface area (Å²) in [6, 6.07) is 12.3. The quantitative estimate of drug-likeness (QED) is 0.840. The highest BCUT2D eigenvalue weighted by Crippen LogP contribution is 2.17. The second kappa shape index (κ2) is 6.59. The minimum Gasteiger partial charge on any atom is -0.397 e. The van der Waals surface area contributed by atoms with Gasteiger partial charge in [-0.15, -0.1) is 0 Å². The van der Waals surface area contributed by atoms with Crippen LogP contribution < -0.4 is 11.1 Å². The Labute approximate surface area is 120 Å². The van der Waals surface area contributed by atoms with Gasteiger partial charge in [0, 0.05) is 5.69 Å². The summed E-state index contributed by atoms with van der Waals surface area (Å²) in [5, 5.41) is 12.3. The summed E-state index contributed by atoms with van der Waals surface area (Å²) in [5.41, 5.74) is 7.25. The van der Waals surface area contributed by atoms with Crippen LogP contribution in [0.1, 0.15) is 5.56 Å². The van der Waals surface area contributed by atoms with Gasteiger partial charge < -0.3 is 11.1 Å². The van der Waals surface area contributed by atoms with Crippen molar-refractivity contribution < 1.29 is 4.79 Å². The average Bonchev–Trinajstić information content (AvgIpc) is 2.47. The summed E-state index contributed by atoms with van der Waals surface area (Å²) >= 11 is 1.32. The van der Waals surface area contributed by atoms with Crippen molar-refractivity contribution in [3.8, 4) is 6.07 Å². The Morgan fingerprint density at radius 3 is 2.95 bits per heavy atom. The second-order valence-corrected chi connectivity index (χ2v) is 4.95. The van der Waals surface area contributed by atoms with Gasteiger partial charge in [-0.2, -0.15) is 5.26 Å². The van der Waals surface area contributed by atoms with E-state index >= 15 is 0 Å². The monoisotopic (exact) mass is 284 g/mol. The molecule has 20 heavy (non-hydrogen) atoms. The standard InChI is InChI=1S/C14H12N4OS/c15-7-10-2-1-3-12(6-10)18-13(19)9-20-14-5-4-11(16)8-17-14/h1-6,8H,9,16H2,(H,18,19). The fourth-order valence-corrected chi connectivity index (χ4v) is 2.12. The number of benzene rings is 1. The number of aromatic nitrogens is 1. The average molecular weight is 284 g/mol. The maximum Gasteiger partial charge on any atom is 0.234 e. The van der Waals surface area contributed by atoms with E-state index in [1.807, 2.05) is 6.07 Å². The lowest BCUT2D eigenvalue weighted by Crippen LogP contribution is -2.14. The molecule has 2 rings (SSSR count). The number of carbonyl (C=O) groups excluding carboxylic acids is 1. The first kappa shape index (κ1) is 13.9. The van der Waals surface area contributed by atoms with E-state index in [2.05, 4.69) is 10.3 Å². The zero-order valence-corrected chi connectivity index (χ0v) is 11.4. The molecule has 2 aromatic rings. The van der Waals surface area contributed by atoms with Crippen molar-refractivity contribution >= 4 is 29.0 Å². The smallest absolute Gasteiger partial charge is 0.234 e. The Hall–Kier alpha value is -2.52. The predicted molar refractivity (Wildman–Crippen MR) is 79.2 cm³/mol. The zero-order valence-electron chi connectivity index (χ0n) is 10.5. The van der Waals surface area contributed by atoms with Crippen LogP contribution in [0.25, 0.3) is 0 Å². The van der Waals surface area contributed by atoms with Crippen molar-refractivity contribution in [3.05, 3.63) is 48.2 Å². The molecular formula is C14H12N4OS. The molecule has 0 saturated heterocycles. The number of nitrogen functional groups attached to an aromatic ring is 1. The van der Waals surface area contributed by atoms with E-state index in [1.54, 1.807) is 42.6 Å². The summed E-state index contributed by atoms with van der Waals surface area (Å²) in [4.78, 5) is 15.9. The Morgan fingerprint density at radius 1 is 1.40 bits per heavy atom. The number of nitrogens with zero attached hydrogens (tertiary/aromatic N) is 2. The van der Waals surface area contributed by atoms with Crippen molar-refractivity contribution in [3.63, 3.8) is 0 Å². The highest BCUT2D eigenvalue weighted by atomic mass is 32.2. The van der Waals surface area contributed by atoms with Crippen LogP contribution in [-0.4, -0.2) is 16.6 Å². The summed E-state index contributed by atoms with van der Waals surface area (Å²) in [6.45, 7) is 0. The van der Waals surface area contributed by atoms with Crippen molar-refractivity contribution in [1.82, 2.24) is 4.98 Å². The fraction of sp³-hybridized carbons (Fsp3) is 0.0714. The van der Waals surface area contributed by atoms with Gasteiger partial charge in [0.05, 0.1) is 34.3 Å². The molecule has 0 unspecified atom stereocenters. The predicted octanol–water partition coefficient (Wildman–Crippen LogP) is 2.27. The van der Waals surface area contributed by atoms with Gasteiger partial charge in [-0.05, 0) is 30.3 Å². The molecule has 0 radical (unpaired) electrons. The molecular weight excluding hydrogens is 272 g/mol. The lowest BCUT2D eigenvalue weighted by molar-refractivity contribution is -0.113. The van der Waals surface area contributed by atoms with Gasteiger partial charge >= 0.3 is 0 Å². The van der Waals surface area contributed by atoms with Crippen molar-refractivity contribution in [2.24, 2.45) is 0 Å². The molecule has 5 nitrogen and oxygen atoms in total. The van der Waals surface area contributed by atoms with Crippen LogP contribution in [0.3, 0.4) is 0 Å². The number of pyridine rings is 1. The number of hydrogen-bond acceptors (Lipinski definition) is 5. The van der Waals surface area contributed by atoms with Crippen molar-refractivity contribution in [2.75, 3.05) is 16.8 Å². The molecule has 0 fully saturated rings. The molecule has 0 atom stereocenters. The molecule has 0 saturated carbocycles. The summed E-state index contributed by atoms with van der Waals surface area (Å²) in [5.74, 6) is 0.0944. The number of nitrogens with one attached hydrogen (secondary N) is 1. The van der Waals surface area contributed by atoms with Gasteiger partial charge in [-0.3, -0.25) is 4.79 Å². The number of rotatable bonds is 4. The Morgan fingerprint density at radius 2 is 2.25 bits per heavy atom. The minimum atomic E-state index is -0.149. The Bertz CT molecular complexity index is 649. The lowest BCUT2D eigenvalue weighted by Gasteiger charge is -2.05. The summed E-state index contributed by atoms with van der Waals surface area (Å²) in [6.07, 6.45) is 1.55. The highest BCUT2D eigenvalue weighted by Gasteiger charge is 2.05. The van der Waals surface area contributed by atoms with E-state index in [9.17, 15) is 4.79 Å². The molecule has 100 valence electrons. The van der Waals surface area contributed by atoms with Crippen LogP contribution in [0.4, 0.5) is 11.4 Å². The van der Waals surface area contributed by atoms with Crippen LogP contribution in [0.15, 0.2) is 47.6 Å². The van der Waals surface area contributed by atoms with Gasteiger partial charge in [0.15, 0.2) is 0 Å². The first-order chi connectivity index (χ1) is 9.67. The fourth-order valence-electron chi connectivity index (χ4n) is 1.48. The number of anilines is 2. The Balaban J connectivity index is 1.89. The van der Waals surface area contributed by atoms with Crippen molar-refractivity contribution in [2.45, 2.75) is 5.03 Å².